The number of hydrogen-bond donors (Lipinski definition) is 1. The number of aryl methyl sites for hydroxylation is 1. The van der Waals surface area contributed by atoms with Gasteiger partial charge < -0.3 is 5.11 Å². The number of benzene rings is 2. The molecule has 4 heteroatoms. The van der Waals surface area contributed by atoms with Crippen LogP contribution in [0.3, 0.4) is 0 Å². The Morgan fingerprint density at radius 3 is 2.31 bits per heavy atom. The van der Waals surface area contributed by atoms with Crippen molar-refractivity contribution < 1.29 is 30.0 Å². The van der Waals surface area contributed by atoms with Gasteiger partial charge in [0, 0.05) is 39.0 Å². The maximum absolute atomic E-state index is 11.2. The molecule has 0 aliphatic carbocycles. The van der Waals surface area contributed by atoms with E-state index in [0.29, 0.717) is 24.7 Å². The standard InChI is InChI=1S/C17H14N.C11H20O2.Ir/c1-12-6-5-8-15(13(12)2)17-11-10-14-7-3-4-9-16(14)18-17;1-8(2)5-10(12)7-11(13)6-9(3)4;/h3-7,9-11H,1-2H3;7-9,12H,5-6H2,1-4H3;/q-1;;/b;10-7-;. The molecule has 2 aromatic carbocycles. The molecule has 32 heavy (non-hydrogen) atoms. The molecule has 0 fully saturated rings. The molecule has 0 saturated carbocycles. The number of ketones is 1. The second-order valence-corrected chi connectivity index (χ2v) is 8.85. The molecule has 1 N–H and O–H groups in total. The fourth-order valence-corrected chi connectivity index (χ4v) is 3.28. The predicted molar refractivity (Wildman–Crippen MR) is 130 cm³/mol. The number of carbonyl (C=O) groups excluding carboxylic acids is 1. The monoisotopic (exact) mass is 609 g/mol. The van der Waals surface area contributed by atoms with Gasteiger partial charge in [-0.1, -0.05) is 71.9 Å². The van der Waals surface area contributed by atoms with E-state index in [2.05, 4.69) is 44.2 Å². The van der Waals surface area contributed by atoms with Crippen LogP contribution in [-0.2, 0) is 24.9 Å². The molecule has 0 aliphatic rings. The van der Waals surface area contributed by atoms with Gasteiger partial charge in [0.2, 0.25) is 0 Å². The van der Waals surface area contributed by atoms with Crippen molar-refractivity contribution in [2.24, 2.45) is 11.8 Å². The number of nitrogens with zero attached hydrogens (tertiary/aromatic N) is 1. The topological polar surface area (TPSA) is 50.2 Å². The van der Waals surface area contributed by atoms with Gasteiger partial charge in [-0.2, -0.15) is 0 Å². The fraction of sp³-hybridized carbons (Fsp3) is 0.357. The van der Waals surface area contributed by atoms with Gasteiger partial charge in [0.05, 0.1) is 11.3 Å². The molecule has 0 atom stereocenters. The summed E-state index contributed by atoms with van der Waals surface area (Å²) >= 11 is 0. The Labute approximate surface area is 206 Å². The summed E-state index contributed by atoms with van der Waals surface area (Å²) in [7, 11) is 0. The first-order valence-corrected chi connectivity index (χ1v) is 10.9. The Hall–Kier alpha value is -2.29. The van der Waals surface area contributed by atoms with Crippen molar-refractivity contribution in [3.05, 3.63) is 77.6 Å². The first kappa shape index (κ1) is 27.7. The summed E-state index contributed by atoms with van der Waals surface area (Å²) in [6.07, 6.45) is 2.46. The summed E-state index contributed by atoms with van der Waals surface area (Å²) < 4.78 is 0. The molecule has 1 heterocycles. The third kappa shape index (κ3) is 8.68. The molecule has 3 rings (SSSR count). The Morgan fingerprint density at radius 2 is 1.66 bits per heavy atom. The second kappa shape index (κ2) is 13.3. The number of aliphatic hydroxyl groups excluding tert-OH is 1. The first-order chi connectivity index (χ1) is 14.7. The third-order valence-electron chi connectivity index (χ3n) is 4.94. The summed E-state index contributed by atoms with van der Waals surface area (Å²) in [5.41, 5.74) is 5.65. The number of fused-ring (bicyclic) bond motifs is 1. The minimum atomic E-state index is 0. The minimum absolute atomic E-state index is 0. The van der Waals surface area contributed by atoms with E-state index in [1.54, 1.807) is 0 Å². The Bertz CT molecular complexity index is 1050. The SMILES string of the molecule is CC(C)CC(=O)/C=C(\O)CC(C)C.Cc1cc[c-]c(-c2ccc3ccccc3n2)c1C.[Ir]. The fourth-order valence-electron chi connectivity index (χ4n) is 3.28. The van der Waals surface area contributed by atoms with Crippen molar-refractivity contribution in [1.29, 1.82) is 0 Å². The van der Waals surface area contributed by atoms with Gasteiger partial charge in [0.1, 0.15) is 0 Å². The van der Waals surface area contributed by atoms with E-state index in [1.165, 1.54) is 22.6 Å². The van der Waals surface area contributed by atoms with Crippen molar-refractivity contribution in [2.75, 3.05) is 0 Å². The van der Waals surface area contributed by atoms with Crippen LogP contribution in [0, 0.1) is 31.7 Å². The van der Waals surface area contributed by atoms with Crippen LogP contribution in [0.2, 0.25) is 0 Å². The Morgan fingerprint density at radius 1 is 1.00 bits per heavy atom. The van der Waals surface area contributed by atoms with E-state index in [4.69, 9.17) is 4.98 Å². The van der Waals surface area contributed by atoms with Gasteiger partial charge >= 0.3 is 0 Å². The number of carbonyl (C=O) groups is 1. The predicted octanol–water partition coefficient (Wildman–Crippen LogP) is 7.41. The molecule has 1 aromatic heterocycles. The van der Waals surface area contributed by atoms with Crippen molar-refractivity contribution in [3.8, 4) is 11.3 Å². The van der Waals surface area contributed by atoms with E-state index in [-0.39, 0.29) is 31.6 Å². The van der Waals surface area contributed by atoms with Crippen LogP contribution >= 0.6 is 0 Å². The molecule has 0 aliphatic heterocycles. The average Bonchev–Trinajstić information content (AvgIpc) is 2.69. The smallest absolute Gasteiger partial charge is 0.159 e. The largest absolute Gasteiger partial charge is 0.512 e. The Balaban J connectivity index is 0.000000330. The van der Waals surface area contributed by atoms with Gasteiger partial charge in [-0.3, -0.25) is 9.78 Å². The quantitative estimate of drug-likeness (QED) is 0.180. The molecule has 0 amide bonds. The van der Waals surface area contributed by atoms with Crippen LogP contribution < -0.4 is 0 Å². The van der Waals surface area contributed by atoms with E-state index in [9.17, 15) is 9.90 Å². The van der Waals surface area contributed by atoms with Crippen LogP contribution in [0.25, 0.3) is 22.2 Å². The van der Waals surface area contributed by atoms with Crippen LogP contribution in [0.5, 0.6) is 0 Å². The van der Waals surface area contributed by atoms with Gasteiger partial charge in [-0.15, -0.1) is 34.9 Å². The van der Waals surface area contributed by atoms with Gasteiger partial charge in [-0.25, -0.2) is 0 Å². The summed E-state index contributed by atoms with van der Waals surface area (Å²) in [5.74, 6) is 0.979. The zero-order valence-corrected chi connectivity index (χ0v) is 22.3. The summed E-state index contributed by atoms with van der Waals surface area (Å²) in [6.45, 7) is 12.2. The number of aliphatic hydroxyl groups is 1. The minimum Gasteiger partial charge on any atom is -0.512 e. The van der Waals surface area contributed by atoms with Crippen molar-refractivity contribution in [1.82, 2.24) is 4.98 Å². The average molecular weight is 609 g/mol. The van der Waals surface area contributed by atoms with Gasteiger partial charge in [0.15, 0.2) is 5.78 Å². The molecule has 3 aromatic rings. The number of hydrogen-bond acceptors (Lipinski definition) is 3. The molecule has 0 bridgehead atoms. The molecular formula is C28H34IrNO2-. The maximum Gasteiger partial charge on any atom is 0.159 e. The summed E-state index contributed by atoms with van der Waals surface area (Å²) in [6, 6.07) is 19.7. The molecule has 173 valence electrons. The molecular weight excluding hydrogens is 575 g/mol. The second-order valence-electron chi connectivity index (χ2n) is 8.85. The van der Waals surface area contributed by atoms with Crippen LogP contribution in [0.4, 0.5) is 0 Å². The normalized spacial score (nSPS) is 11.2. The van der Waals surface area contributed by atoms with Crippen LogP contribution in [-0.4, -0.2) is 15.9 Å². The zero-order valence-electron chi connectivity index (χ0n) is 19.9. The van der Waals surface area contributed by atoms with E-state index in [1.807, 2.05) is 52.0 Å². The molecule has 1 radical (unpaired) electrons. The van der Waals surface area contributed by atoms with Crippen molar-refractivity contribution in [2.45, 2.75) is 54.4 Å². The van der Waals surface area contributed by atoms with E-state index < -0.39 is 0 Å². The zero-order chi connectivity index (χ0) is 23.0. The van der Waals surface area contributed by atoms with Crippen LogP contribution in [0.1, 0.15) is 51.7 Å². The Kier molecular flexibility index (Phi) is 11.5. The number of allylic oxidation sites excluding steroid dienone is 2. The number of para-hydroxylation sites is 1. The molecule has 0 saturated heterocycles. The third-order valence-corrected chi connectivity index (χ3v) is 4.94. The van der Waals surface area contributed by atoms with Gasteiger partial charge in [0.25, 0.3) is 0 Å². The van der Waals surface area contributed by atoms with E-state index >= 15 is 0 Å². The summed E-state index contributed by atoms with van der Waals surface area (Å²) in [5, 5.41) is 10.5. The number of pyridine rings is 1. The molecule has 3 nitrogen and oxygen atoms in total. The first-order valence-electron chi connectivity index (χ1n) is 10.9. The van der Waals surface area contributed by atoms with Crippen molar-refractivity contribution >= 4 is 16.7 Å². The van der Waals surface area contributed by atoms with Crippen molar-refractivity contribution in [3.63, 3.8) is 0 Å². The number of aromatic nitrogens is 1. The van der Waals surface area contributed by atoms with E-state index in [0.717, 1.165) is 16.8 Å². The summed E-state index contributed by atoms with van der Waals surface area (Å²) in [4.78, 5) is 15.9. The molecule has 0 spiro atoms. The molecule has 0 unspecified atom stereocenters. The van der Waals surface area contributed by atoms with Gasteiger partial charge in [-0.05, 0) is 29.0 Å². The number of rotatable bonds is 6. The van der Waals surface area contributed by atoms with Crippen LogP contribution in [0.15, 0.2) is 60.4 Å². The maximum atomic E-state index is 11.2.